The Morgan fingerprint density at radius 2 is 1.36 bits per heavy atom. The Morgan fingerprint density at radius 1 is 1.09 bits per heavy atom. The molecule has 66 valence electrons. The maximum atomic E-state index is 3.73. The third-order valence-corrected chi connectivity index (χ3v) is 5.69. The average molecular weight is 284 g/mol. The highest BCUT2D eigenvalue weighted by atomic mass is 79.9. The van der Waals surface area contributed by atoms with Crippen LogP contribution in [-0.4, -0.2) is 3.23 Å². The number of alkyl halides is 2. The summed E-state index contributed by atoms with van der Waals surface area (Å²) < 4.78 is 0.172. The van der Waals surface area contributed by atoms with Crippen molar-refractivity contribution in [3.8, 4) is 0 Å². The summed E-state index contributed by atoms with van der Waals surface area (Å²) in [5.74, 6) is 0.711. The summed E-state index contributed by atoms with van der Waals surface area (Å²) in [7, 11) is 0. The van der Waals surface area contributed by atoms with Crippen molar-refractivity contribution >= 4 is 31.9 Å². The summed E-state index contributed by atoms with van der Waals surface area (Å²) in [6, 6.07) is 0. The minimum absolute atomic E-state index is 0.172. The fourth-order valence-corrected chi connectivity index (χ4v) is 5.03. The van der Waals surface area contributed by atoms with Crippen molar-refractivity contribution in [2.24, 2.45) is 16.7 Å². The van der Waals surface area contributed by atoms with E-state index in [1.165, 1.54) is 0 Å². The van der Waals surface area contributed by atoms with Crippen LogP contribution < -0.4 is 0 Å². The van der Waals surface area contributed by atoms with Gasteiger partial charge in [-0.25, -0.2) is 0 Å². The van der Waals surface area contributed by atoms with E-state index in [4.69, 9.17) is 0 Å². The lowest BCUT2D eigenvalue weighted by Crippen LogP contribution is -2.13. The van der Waals surface area contributed by atoms with Crippen molar-refractivity contribution in [1.82, 2.24) is 0 Å². The van der Waals surface area contributed by atoms with Crippen molar-refractivity contribution in [2.75, 3.05) is 0 Å². The van der Waals surface area contributed by atoms with Gasteiger partial charge in [0.2, 0.25) is 0 Å². The monoisotopic (exact) mass is 282 g/mol. The zero-order valence-corrected chi connectivity index (χ0v) is 11.0. The van der Waals surface area contributed by atoms with Crippen LogP contribution in [-0.2, 0) is 0 Å². The molecule has 0 heterocycles. The zero-order chi connectivity index (χ0) is 9.08. The summed E-state index contributed by atoms with van der Waals surface area (Å²) in [6.07, 6.45) is 0. The number of rotatable bonds is 0. The highest BCUT2D eigenvalue weighted by Crippen LogP contribution is 2.75. The van der Waals surface area contributed by atoms with Crippen molar-refractivity contribution < 1.29 is 0 Å². The van der Waals surface area contributed by atoms with Gasteiger partial charge in [-0.1, -0.05) is 66.5 Å². The third kappa shape index (κ3) is 1.31. The molecule has 0 amide bonds. The fourth-order valence-electron chi connectivity index (χ4n) is 2.28. The van der Waals surface area contributed by atoms with Gasteiger partial charge < -0.3 is 0 Å². The molecule has 2 heteroatoms. The van der Waals surface area contributed by atoms with E-state index < -0.39 is 0 Å². The first-order valence-electron chi connectivity index (χ1n) is 3.99. The lowest BCUT2D eigenvalue weighted by atomic mass is 9.86. The van der Waals surface area contributed by atoms with Crippen LogP contribution in [0.4, 0.5) is 0 Å². The number of hydrogen-bond acceptors (Lipinski definition) is 0. The molecule has 0 nitrogen and oxygen atoms in total. The number of halogens is 2. The molecule has 1 unspecified atom stereocenters. The first kappa shape index (κ1) is 10.0. The SMILES string of the molecule is CC(C)(C)C1C(C)(C)C1(Br)Br. The molecule has 0 bridgehead atoms. The molecule has 0 saturated heterocycles. The van der Waals surface area contributed by atoms with Crippen LogP contribution in [0, 0.1) is 16.7 Å². The van der Waals surface area contributed by atoms with E-state index in [2.05, 4.69) is 66.5 Å². The second-order valence-electron chi connectivity index (χ2n) is 5.14. The summed E-state index contributed by atoms with van der Waals surface area (Å²) >= 11 is 7.45. The van der Waals surface area contributed by atoms with Gasteiger partial charge in [-0.2, -0.15) is 0 Å². The van der Waals surface area contributed by atoms with E-state index in [0.29, 0.717) is 16.7 Å². The Morgan fingerprint density at radius 3 is 1.36 bits per heavy atom. The van der Waals surface area contributed by atoms with Gasteiger partial charge in [-0.05, 0) is 16.7 Å². The molecule has 1 atom stereocenters. The molecule has 0 spiro atoms. The second-order valence-corrected chi connectivity index (χ2v) is 8.71. The zero-order valence-electron chi connectivity index (χ0n) is 7.83. The first-order valence-corrected chi connectivity index (χ1v) is 5.58. The molecule has 1 saturated carbocycles. The van der Waals surface area contributed by atoms with E-state index in [-0.39, 0.29) is 3.23 Å². The highest BCUT2D eigenvalue weighted by molar-refractivity contribution is 9.25. The van der Waals surface area contributed by atoms with Crippen LogP contribution in [0.1, 0.15) is 34.6 Å². The molecule has 0 aliphatic heterocycles. The van der Waals surface area contributed by atoms with Crippen LogP contribution in [0.25, 0.3) is 0 Å². The molecule has 0 radical (unpaired) electrons. The van der Waals surface area contributed by atoms with Crippen molar-refractivity contribution in [2.45, 2.75) is 37.9 Å². The number of hydrogen-bond donors (Lipinski definition) is 0. The van der Waals surface area contributed by atoms with Gasteiger partial charge >= 0.3 is 0 Å². The Balaban J connectivity index is 2.84. The lowest BCUT2D eigenvalue weighted by Gasteiger charge is -2.19. The van der Waals surface area contributed by atoms with Crippen molar-refractivity contribution in [3.63, 3.8) is 0 Å². The Hall–Kier alpha value is 0.960. The average Bonchev–Trinajstić information content (AvgIpc) is 1.93. The molecule has 1 aliphatic carbocycles. The lowest BCUT2D eigenvalue weighted by molar-refractivity contribution is 0.301. The topological polar surface area (TPSA) is 0 Å². The van der Waals surface area contributed by atoms with E-state index in [1.54, 1.807) is 0 Å². The fraction of sp³-hybridized carbons (Fsp3) is 1.00. The largest absolute Gasteiger partial charge is 0.0898 e. The van der Waals surface area contributed by atoms with Gasteiger partial charge in [-0.3, -0.25) is 0 Å². The summed E-state index contributed by atoms with van der Waals surface area (Å²) in [5.41, 5.74) is 0.766. The van der Waals surface area contributed by atoms with Crippen LogP contribution in [0.5, 0.6) is 0 Å². The molecule has 0 aromatic rings. The molecule has 11 heavy (non-hydrogen) atoms. The predicted molar refractivity (Wildman–Crippen MR) is 57.3 cm³/mol. The molecule has 1 rings (SSSR count). The van der Waals surface area contributed by atoms with Crippen LogP contribution in [0.3, 0.4) is 0 Å². The van der Waals surface area contributed by atoms with Crippen molar-refractivity contribution in [3.05, 3.63) is 0 Å². The molecule has 1 aliphatic rings. The van der Waals surface area contributed by atoms with Gasteiger partial charge in [0.25, 0.3) is 0 Å². The van der Waals surface area contributed by atoms with Crippen LogP contribution in [0.2, 0.25) is 0 Å². The van der Waals surface area contributed by atoms with Gasteiger partial charge in [0.05, 0.1) is 3.23 Å². The maximum absolute atomic E-state index is 3.73. The van der Waals surface area contributed by atoms with E-state index >= 15 is 0 Å². The maximum Gasteiger partial charge on any atom is 0.0898 e. The third-order valence-electron chi connectivity index (χ3n) is 2.73. The quantitative estimate of drug-likeness (QED) is 0.585. The highest BCUT2D eigenvalue weighted by Gasteiger charge is 2.72. The normalized spacial score (nSPS) is 33.5. The van der Waals surface area contributed by atoms with Gasteiger partial charge in [0.15, 0.2) is 0 Å². The molecular weight excluding hydrogens is 268 g/mol. The Bertz CT molecular complexity index is 160. The second kappa shape index (κ2) is 2.25. The molecule has 0 aromatic carbocycles. The Labute approximate surface area is 86.4 Å². The smallest absolute Gasteiger partial charge is 0.0718 e. The summed E-state index contributed by atoms with van der Waals surface area (Å²) in [4.78, 5) is 0. The van der Waals surface area contributed by atoms with Crippen molar-refractivity contribution in [1.29, 1.82) is 0 Å². The first-order chi connectivity index (χ1) is 4.62. The minimum Gasteiger partial charge on any atom is -0.0718 e. The van der Waals surface area contributed by atoms with Crippen LogP contribution in [0.15, 0.2) is 0 Å². The van der Waals surface area contributed by atoms with Crippen LogP contribution >= 0.6 is 31.9 Å². The van der Waals surface area contributed by atoms with E-state index in [0.717, 1.165) is 0 Å². The van der Waals surface area contributed by atoms with Gasteiger partial charge in [0.1, 0.15) is 0 Å². The van der Waals surface area contributed by atoms with E-state index in [1.807, 2.05) is 0 Å². The molecule has 0 N–H and O–H groups in total. The van der Waals surface area contributed by atoms with E-state index in [9.17, 15) is 0 Å². The summed E-state index contributed by atoms with van der Waals surface area (Å²) in [5, 5.41) is 0. The molecule has 1 fully saturated rings. The van der Waals surface area contributed by atoms with Gasteiger partial charge in [-0.15, -0.1) is 0 Å². The predicted octanol–water partition coefficient (Wildman–Crippen LogP) is 4.17. The Kier molecular flexibility index (Phi) is 2.06. The van der Waals surface area contributed by atoms with Gasteiger partial charge in [0, 0.05) is 0 Å². The standard InChI is InChI=1S/C9H16Br2/c1-7(2,3)6-8(4,5)9(6,10)11/h6H,1-5H3. The minimum atomic E-state index is 0.172. The molecular formula is C9H16Br2. The summed E-state index contributed by atoms with van der Waals surface area (Å²) in [6.45, 7) is 11.5. The molecule has 0 aromatic heterocycles.